The lowest BCUT2D eigenvalue weighted by Crippen LogP contribution is -1.95. The van der Waals surface area contributed by atoms with E-state index in [2.05, 4.69) is 45.9 Å². The average Bonchev–Trinajstić information content (AvgIpc) is 2.44. The molecule has 1 aromatic carbocycles. The fraction of sp³-hybridized carbons (Fsp3) is 0.700. The van der Waals surface area contributed by atoms with Crippen LogP contribution in [-0.2, 0) is 0 Å². The summed E-state index contributed by atoms with van der Waals surface area (Å²) in [5.41, 5.74) is 4.37. The average molecular weight is 274 g/mol. The number of benzene rings is 1. The second-order valence-corrected chi connectivity index (χ2v) is 6.51. The van der Waals surface area contributed by atoms with Crippen molar-refractivity contribution in [3.05, 3.63) is 34.9 Å². The molecule has 0 saturated carbocycles. The van der Waals surface area contributed by atoms with E-state index in [4.69, 9.17) is 0 Å². The molecule has 0 aromatic heterocycles. The summed E-state index contributed by atoms with van der Waals surface area (Å²) < 4.78 is 0. The van der Waals surface area contributed by atoms with E-state index in [0.717, 1.165) is 5.92 Å². The van der Waals surface area contributed by atoms with Crippen molar-refractivity contribution in [2.45, 2.75) is 91.4 Å². The number of hydrogen-bond donors (Lipinski definition) is 0. The molecule has 0 aliphatic carbocycles. The summed E-state index contributed by atoms with van der Waals surface area (Å²) in [4.78, 5) is 0. The third-order valence-corrected chi connectivity index (χ3v) is 4.59. The van der Waals surface area contributed by atoms with Crippen molar-refractivity contribution >= 4 is 0 Å². The highest BCUT2D eigenvalue weighted by Crippen LogP contribution is 2.24. The number of hydrogen-bond acceptors (Lipinski definition) is 0. The van der Waals surface area contributed by atoms with Crippen LogP contribution in [0.5, 0.6) is 0 Å². The van der Waals surface area contributed by atoms with E-state index >= 15 is 0 Å². The summed E-state index contributed by atoms with van der Waals surface area (Å²) in [6.45, 7) is 9.09. The largest absolute Gasteiger partial charge is 0.0654 e. The van der Waals surface area contributed by atoms with E-state index in [9.17, 15) is 0 Å². The highest BCUT2D eigenvalue weighted by Gasteiger charge is 2.06. The quantitative estimate of drug-likeness (QED) is 0.405. The van der Waals surface area contributed by atoms with Crippen LogP contribution >= 0.6 is 0 Å². The maximum Gasteiger partial charge on any atom is -0.0190 e. The first kappa shape index (κ1) is 17.3. The Bertz CT molecular complexity index is 364. The van der Waals surface area contributed by atoms with E-state index in [1.54, 1.807) is 0 Å². The molecule has 1 atom stereocenters. The van der Waals surface area contributed by atoms with Gasteiger partial charge in [-0.2, -0.15) is 0 Å². The third kappa shape index (κ3) is 6.59. The van der Waals surface area contributed by atoms with E-state index in [-0.39, 0.29) is 0 Å². The van der Waals surface area contributed by atoms with Gasteiger partial charge >= 0.3 is 0 Å². The van der Waals surface area contributed by atoms with E-state index < -0.39 is 0 Å². The number of aryl methyl sites for hydroxylation is 2. The van der Waals surface area contributed by atoms with Gasteiger partial charge in [0.15, 0.2) is 0 Å². The van der Waals surface area contributed by atoms with Crippen LogP contribution in [0.25, 0.3) is 0 Å². The molecule has 0 N–H and O–H groups in total. The second-order valence-electron chi connectivity index (χ2n) is 6.51. The van der Waals surface area contributed by atoms with Gasteiger partial charge in [0.25, 0.3) is 0 Å². The van der Waals surface area contributed by atoms with Crippen LogP contribution in [0.2, 0.25) is 0 Å². The lowest BCUT2D eigenvalue weighted by atomic mass is 9.92. The molecule has 0 bridgehead atoms. The van der Waals surface area contributed by atoms with E-state index in [0.29, 0.717) is 0 Å². The van der Waals surface area contributed by atoms with Gasteiger partial charge in [0.05, 0.1) is 0 Å². The van der Waals surface area contributed by atoms with Gasteiger partial charge in [-0.15, -0.1) is 0 Å². The lowest BCUT2D eigenvalue weighted by molar-refractivity contribution is 0.543. The Morgan fingerprint density at radius 1 is 0.800 bits per heavy atom. The molecule has 1 rings (SSSR count). The summed E-state index contributed by atoms with van der Waals surface area (Å²) in [5.74, 6) is 0.717. The van der Waals surface area contributed by atoms with Crippen LogP contribution in [0.15, 0.2) is 18.2 Å². The number of unbranched alkanes of at least 4 members (excludes halogenated alkanes) is 7. The molecule has 0 fully saturated rings. The first-order chi connectivity index (χ1) is 9.65. The summed E-state index contributed by atoms with van der Waals surface area (Å²) in [6.07, 6.45) is 12.7. The molecule has 0 spiro atoms. The zero-order valence-corrected chi connectivity index (χ0v) is 14.2. The summed E-state index contributed by atoms with van der Waals surface area (Å²) in [6, 6.07) is 6.97. The van der Waals surface area contributed by atoms with Crippen LogP contribution < -0.4 is 0 Å². The van der Waals surface area contributed by atoms with Gasteiger partial charge in [-0.1, -0.05) is 83.4 Å². The fourth-order valence-electron chi connectivity index (χ4n) is 2.82. The molecule has 0 aliphatic heterocycles. The van der Waals surface area contributed by atoms with Crippen molar-refractivity contribution in [2.24, 2.45) is 0 Å². The first-order valence-electron chi connectivity index (χ1n) is 8.72. The highest BCUT2D eigenvalue weighted by molar-refractivity contribution is 5.31. The van der Waals surface area contributed by atoms with Crippen molar-refractivity contribution in [2.75, 3.05) is 0 Å². The maximum atomic E-state index is 2.38. The predicted octanol–water partition coefficient (Wildman–Crippen LogP) is 6.94. The normalized spacial score (nSPS) is 12.6. The van der Waals surface area contributed by atoms with Gasteiger partial charge in [-0.25, -0.2) is 0 Å². The number of rotatable bonds is 10. The Morgan fingerprint density at radius 2 is 1.40 bits per heavy atom. The van der Waals surface area contributed by atoms with Crippen LogP contribution in [0.4, 0.5) is 0 Å². The standard InChI is InChI=1S/C20H34/c1-5-6-7-8-9-10-11-12-13-18(3)20-15-14-17(2)19(4)16-20/h14-16,18H,5-13H2,1-4H3. The lowest BCUT2D eigenvalue weighted by Gasteiger charge is -2.13. The molecule has 0 amide bonds. The molecular weight excluding hydrogens is 240 g/mol. The van der Waals surface area contributed by atoms with Crippen LogP contribution in [0.1, 0.15) is 94.2 Å². The van der Waals surface area contributed by atoms with E-state index in [1.165, 1.54) is 74.5 Å². The topological polar surface area (TPSA) is 0 Å². The molecule has 0 heterocycles. The minimum atomic E-state index is 0.717. The molecule has 1 aromatic rings. The van der Waals surface area contributed by atoms with Crippen molar-refractivity contribution in [3.63, 3.8) is 0 Å². The minimum Gasteiger partial charge on any atom is -0.0654 e. The van der Waals surface area contributed by atoms with Gasteiger partial charge in [0.1, 0.15) is 0 Å². The van der Waals surface area contributed by atoms with E-state index in [1.807, 2.05) is 0 Å². The van der Waals surface area contributed by atoms with Crippen LogP contribution in [-0.4, -0.2) is 0 Å². The first-order valence-corrected chi connectivity index (χ1v) is 8.72. The minimum absolute atomic E-state index is 0.717. The van der Waals surface area contributed by atoms with Gasteiger partial charge in [-0.3, -0.25) is 0 Å². The summed E-state index contributed by atoms with van der Waals surface area (Å²) in [5, 5.41) is 0. The van der Waals surface area contributed by atoms with Crippen LogP contribution in [0, 0.1) is 13.8 Å². The van der Waals surface area contributed by atoms with Gasteiger partial charge < -0.3 is 0 Å². The fourth-order valence-corrected chi connectivity index (χ4v) is 2.82. The Kier molecular flexibility index (Phi) is 8.65. The monoisotopic (exact) mass is 274 g/mol. The Balaban J connectivity index is 2.13. The zero-order chi connectivity index (χ0) is 14.8. The Labute approximate surface area is 127 Å². The van der Waals surface area contributed by atoms with Crippen molar-refractivity contribution in [3.8, 4) is 0 Å². The molecular formula is C20H34. The summed E-state index contributed by atoms with van der Waals surface area (Å²) >= 11 is 0. The predicted molar refractivity (Wildman–Crippen MR) is 91.6 cm³/mol. The van der Waals surface area contributed by atoms with Gasteiger partial charge in [-0.05, 0) is 42.9 Å². The molecule has 20 heavy (non-hydrogen) atoms. The third-order valence-electron chi connectivity index (χ3n) is 4.59. The molecule has 0 aliphatic rings. The van der Waals surface area contributed by atoms with Crippen molar-refractivity contribution < 1.29 is 0 Å². The molecule has 114 valence electrons. The highest BCUT2D eigenvalue weighted by atomic mass is 14.1. The molecule has 0 saturated heterocycles. The second kappa shape index (κ2) is 10.0. The van der Waals surface area contributed by atoms with Gasteiger partial charge in [0.2, 0.25) is 0 Å². The van der Waals surface area contributed by atoms with Crippen LogP contribution in [0.3, 0.4) is 0 Å². The molecule has 0 radical (unpaired) electrons. The van der Waals surface area contributed by atoms with Crippen molar-refractivity contribution in [1.29, 1.82) is 0 Å². The van der Waals surface area contributed by atoms with Gasteiger partial charge in [0, 0.05) is 0 Å². The zero-order valence-electron chi connectivity index (χ0n) is 14.2. The molecule has 0 heteroatoms. The Morgan fingerprint density at radius 3 is 2.00 bits per heavy atom. The molecule has 1 unspecified atom stereocenters. The Hall–Kier alpha value is -0.780. The summed E-state index contributed by atoms with van der Waals surface area (Å²) in [7, 11) is 0. The van der Waals surface area contributed by atoms with Crippen molar-refractivity contribution in [1.82, 2.24) is 0 Å². The SMILES string of the molecule is CCCCCCCCCCC(C)c1ccc(C)c(C)c1. The molecule has 0 nitrogen and oxygen atoms in total. The smallest absolute Gasteiger partial charge is 0.0190 e. The maximum absolute atomic E-state index is 2.38.